The lowest BCUT2D eigenvalue weighted by molar-refractivity contribution is -0.117. The van der Waals surface area contributed by atoms with Crippen LogP contribution in [0.15, 0.2) is 54.6 Å². The minimum Gasteiger partial charge on any atom is -0.314 e. The largest absolute Gasteiger partial charge is 0.314 e. The highest BCUT2D eigenvalue weighted by Gasteiger charge is 2.24. The van der Waals surface area contributed by atoms with Gasteiger partial charge in [-0.1, -0.05) is 41.9 Å². The van der Waals surface area contributed by atoms with Crippen LogP contribution in [0.1, 0.15) is 12.5 Å². The second-order valence-corrected chi connectivity index (χ2v) is 7.22. The number of amides is 1. The van der Waals surface area contributed by atoms with Crippen molar-refractivity contribution in [3.05, 3.63) is 65.2 Å². The number of carbonyl (C=O) groups excluding carboxylic acids is 1. The molecule has 5 heteroatoms. The third-order valence-corrected chi connectivity index (χ3v) is 5.30. The molecule has 22 heavy (non-hydrogen) atoms. The Kier molecular flexibility index (Phi) is 5.75. The number of carbonyl (C=O) groups is 1. The van der Waals surface area contributed by atoms with Gasteiger partial charge in [0, 0.05) is 34.3 Å². The molecule has 0 unspecified atom stereocenters. The smallest absolute Gasteiger partial charge is 0.242 e. The Labute approximate surface area is 138 Å². The van der Waals surface area contributed by atoms with E-state index in [0.29, 0.717) is 10.8 Å². The molecule has 3 nitrogen and oxygen atoms in total. The summed E-state index contributed by atoms with van der Waals surface area (Å²) in [5.41, 5.74) is 1.70. The molecule has 2 atom stereocenters. The molecule has 0 aromatic heterocycles. The van der Waals surface area contributed by atoms with Crippen LogP contribution in [0.4, 0.5) is 5.69 Å². The summed E-state index contributed by atoms with van der Waals surface area (Å²) in [6.45, 7) is 1.70. The lowest BCUT2D eigenvalue weighted by atomic mass is 10.2. The quantitative estimate of drug-likeness (QED) is 0.836. The maximum Gasteiger partial charge on any atom is 0.242 e. The molecule has 116 valence electrons. The van der Waals surface area contributed by atoms with Crippen LogP contribution in [0, 0.1) is 0 Å². The molecular weight excluding hydrogens is 318 g/mol. The van der Waals surface area contributed by atoms with Crippen LogP contribution < -0.4 is 4.90 Å². The number of hydrogen-bond acceptors (Lipinski definition) is 2. The first kappa shape index (κ1) is 16.7. The number of rotatable bonds is 5. The van der Waals surface area contributed by atoms with E-state index >= 15 is 0 Å². The van der Waals surface area contributed by atoms with E-state index in [1.54, 1.807) is 31.0 Å². The Balaban J connectivity index is 2.03. The van der Waals surface area contributed by atoms with E-state index in [9.17, 15) is 9.00 Å². The molecule has 0 N–H and O–H groups in total. The van der Waals surface area contributed by atoms with Gasteiger partial charge in [0.2, 0.25) is 5.91 Å². The fraction of sp³-hybridized carbons (Fsp3) is 0.235. The van der Waals surface area contributed by atoms with Gasteiger partial charge in [0.1, 0.15) is 5.25 Å². The van der Waals surface area contributed by atoms with Crippen molar-refractivity contribution in [2.24, 2.45) is 0 Å². The van der Waals surface area contributed by atoms with Gasteiger partial charge in [-0.2, -0.15) is 0 Å². The highest BCUT2D eigenvalue weighted by molar-refractivity contribution is 7.85. The molecule has 0 heterocycles. The summed E-state index contributed by atoms with van der Waals surface area (Å²) in [4.78, 5) is 14.0. The number of hydrogen-bond donors (Lipinski definition) is 0. The van der Waals surface area contributed by atoms with Crippen LogP contribution in [0.2, 0.25) is 5.02 Å². The monoisotopic (exact) mass is 335 g/mol. The predicted octanol–water partition coefficient (Wildman–Crippen LogP) is 3.64. The summed E-state index contributed by atoms with van der Waals surface area (Å²) < 4.78 is 12.4. The van der Waals surface area contributed by atoms with Gasteiger partial charge < -0.3 is 4.90 Å². The van der Waals surface area contributed by atoms with Crippen LogP contribution in [0.3, 0.4) is 0 Å². The lowest BCUT2D eigenvalue weighted by Gasteiger charge is -2.21. The van der Waals surface area contributed by atoms with Crippen molar-refractivity contribution < 1.29 is 9.00 Å². The van der Waals surface area contributed by atoms with Gasteiger partial charge in [0.05, 0.1) is 0 Å². The molecule has 0 fully saturated rings. The van der Waals surface area contributed by atoms with Gasteiger partial charge in [-0.25, -0.2) is 0 Å². The van der Waals surface area contributed by atoms with Crippen molar-refractivity contribution in [1.29, 1.82) is 0 Å². The molecule has 1 amide bonds. The molecule has 0 aliphatic rings. The van der Waals surface area contributed by atoms with E-state index in [1.165, 1.54) is 0 Å². The van der Waals surface area contributed by atoms with Crippen LogP contribution in [0.5, 0.6) is 0 Å². The molecular formula is C17H18ClNO2S. The molecule has 2 aromatic rings. The van der Waals surface area contributed by atoms with Crippen molar-refractivity contribution >= 4 is 34.0 Å². The molecule has 0 saturated carbocycles. The van der Waals surface area contributed by atoms with Gasteiger partial charge in [-0.15, -0.1) is 0 Å². The highest BCUT2D eigenvalue weighted by atomic mass is 35.5. The Morgan fingerprint density at radius 1 is 1.14 bits per heavy atom. The maximum absolute atomic E-state index is 12.4. The SMILES string of the molecule is C[C@@H](C(=O)N(C)c1ccccc1)[S@](=O)Cc1ccc(Cl)cc1. The normalized spacial score (nSPS) is 13.4. The van der Waals surface area contributed by atoms with E-state index < -0.39 is 16.0 Å². The summed E-state index contributed by atoms with van der Waals surface area (Å²) >= 11 is 5.83. The average molecular weight is 336 g/mol. The van der Waals surface area contributed by atoms with Gasteiger partial charge >= 0.3 is 0 Å². The van der Waals surface area contributed by atoms with E-state index in [0.717, 1.165) is 11.3 Å². The van der Waals surface area contributed by atoms with Crippen molar-refractivity contribution in [2.75, 3.05) is 11.9 Å². The predicted molar refractivity (Wildman–Crippen MR) is 92.6 cm³/mol. The van der Waals surface area contributed by atoms with Crippen molar-refractivity contribution in [3.63, 3.8) is 0 Å². The van der Waals surface area contributed by atoms with Gasteiger partial charge in [0.15, 0.2) is 0 Å². The number of benzene rings is 2. The Morgan fingerprint density at radius 2 is 1.73 bits per heavy atom. The van der Waals surface area contributed by atoms with Crippen LogP contribution in [-0.2, 0) is 21.3 Å². The van der Waals surface area contributed by atoms with E-state index in [-0.39, 0.29) is 5.91 Å². The maximum atomic E-state index is 12.4. The number of halogens is 1. The topological polar surface area (TPSA) is 37.4 Å². The highest BCUT2D eigenvalue weighted by Crippen LogP contribution is 2.16. The molecule has 2 aromatic carbocycles. The van der Waals surface area contributed by atoms with E-state index in [1.807, 2.05) is 42.5 Å². The zero-order valence-electron chi connectivity index (χ0n) is 12.5. The Morgan fingerprint density at radius 3 is 2.32 bits per heavy atom. The zero-order chi connectivity index (χ0) is 16.1. The lowest BCUT2D eigenvalue weighted by Crippen LogP contribution is -2.37. The van der Waals surface area contributed by atoms with Crippen LogP contribution in [-0.4, -0.2) is 22.4 Å². The van der Waals surface area contributed by atoms with Gasteiger partial charge in [-0.3, -0.25) is 9.00 Å². The Hall–Kier alpha value is -1.65. The van der Waals surface area contributed by atoms with Gasteiger partial charge in [0.25, 0.3) is 0 Å². The summed E-state index contributed by atoms with van der Waals surface area (Å²) in [6.07, 6.45) is 0. The number of nitrogens with zero attached hydrogens (tertiary/aromatic N) is 1. The molecule has 0 spiro atoms. The fourth-order valence-electron chi connectivity index (χ4n) is 2.03. The second-order valence-electron chi connectivity index (χ2n) is 5.03. The average Bonchev–Trinajstić information content (AvgIpc) is 2.55. The van der Waals surface area contributed by atoms with Crippen LogP contribution in [0.25, 0.3) is 0 Å². The molecule has 0 saturated heterocycles. The van der Waals surface area contributed by atoms with Crippen molar-refractivity contribution in [1.82, 2.24) is 0 Å². The van der Waals surface area contributed by atoms with Crippen molar-refractivity contribution in [3.8, 4) is 0 Å². The molecule has 0 aliphatic carbocycles. The number of para-hydroxylation sites is 1. The first-order valence-electron chi connectivity index (χ1n) is 6.93. The standard InChI is InChI=1S/C17H18ClNO2S/c1-13(17(20)19(2)16-6-4-3-5-7-16)22(21)12-14-8-10-15(18)11-9-14/h3-11,13H,12H2,1-2H3/t13-,22+/m0/s1. The minimum absolute atomic E-state index is 0.154. The first-order valence-corrected chi connectivity index (χ1v) is 8.69. The second kappa shape index (κ2) is 7.56. The first-order chi connectivity index (χ1) is 10.5. The summed E-state index contributed by atoms with van der Waals surface area (Å²) in [5.74, 6) is 0.186. The summed E-state index contributed by atoms with van der Waals surface area (Å²) in [6, 6.07) is 16.5. The molecule has 2 rings (SSSR count). The Bertz CT molecular complexity index is 658. The minimum atomic E-state index is -1.28. The molecule has 0 bridgehead atoms. The van der Waals surface area contributed by atoms with E-state index in [4.69, 9.17) is 11.6 Å². The third kappa shape index (κ3) is 4.18. The summed E-state index contributed by atoms with van der Waals surface area (Å²) in [5, 5.41) is 0.0725. The van der Waals surface area contributed by atoms with E-state index in [2.05, 4.69) is 0 Å². The fourth-order valence-corrected chi connectivity index (χ4v) is 3.31. The van der Waals surface area contributed by atoms with Gasteiger partial charge in [-0.05, 0) is 36.8 Å². The zero-order valence-corrected chi connectivity index (χ0v) is 14.1. The van der Waals surface area contributed by atoms with Crippen LogP contribution >= 0.6 is 11.6 Å². The summed E-state index contributed by atoms with van der Waals surface area (Å²) in [7, 11) is 0.421. The third-order valence-electron chi connectivity index (χ3n) is 3.44. The molecule has 0 radical (unpaired) electrons. The molecule has 0 aliphatic heterocycles. The van der Waals surface area contributed by atoms with Crippen molar-refractivity contribution in [2.45, 2.75) is 17.9 Å². The number of anilines is 1.